The lowest BCUT2D eigenvalue weighted by Crippen LogP contribution is -1.74. The van der Waals surface area contributed by atoms with Crippen LogP contribution in [-0.2, 0) is 0 Å². The lowest BCUT2D eigenvalue weighted by molar-refractivity contribution is 1.02. The summed E-state index contributed by atoms with van der Waals surface area (Å²) in [6.45, 7) is 0. The molecule has 2 heteroatoms. The molecule has 0 aliphatic carbocycles. The van der Waals surface area contributed by atoms with Gasteiger partial charge in [-0.1, -0.05) is 0 Å². The second-order valence-corrected chi connectivity index (χ2v) is 4.64. The van der Waals surface area contributed by atoms with E-state index in [9.17, 15) is 0 Å². The zero-order valence-electron chi connectivity index (χ0n) is 3.39. The average Bonchev–Trinajstić information content (AvgIpc) is 2.17. The van der Waals surface area contributed by atoms with E-state index in [0.29, 0.717) is 0 Å². The van der Waals surface area contributed by atoms with Gasteiger partial charge in [-0.15, -0.1) is 23.5 Å². The monoisotopic (exact) mass is 118 g/mol. The normalized spacial score (nSPS) is 52.0. The molecule has 0 N–H and O–H groups in total. The van der Waals surface area contributed by atoms with E-state index in [1.165, 1.54) is 12.2 Å². The van der Waals surface area contributed by atoms with E-state index >= 15 is 0 Å². The average molecular weight is 118 g/mol. The van der Waals surface area contributed by atoms with Crippen LogP contribution in [0.4, 0.5) is 0 Å². The van der Waals surface area contributed by atoms with Crippen molar-refractivity contribution in [2.75, 3.05) is 5.75 Å². The fraction of sp³-hybridized carbons (Fsp3) is 1.00. The minimum Gasteiger partial charge on any atom is -0.146 e. The Morgan fingerprint density at radius 1 is 1.50 bits per heavy atom. The second kappa shape index (κ2) is 1.10. The minimum atomic E-state index is 1.05. The minimum absolute atomic E-state index is 1.05. The van der Waals surface area contributed by atoms with Crippen LogP contribution in [0.3, 0.4) is 0 Å². The molecule has 0 saturated carbocycles. The topological polar surface area (TPSA) is 0 Å². The van der Waals surface area contributed by atoms with Crippen LogP contribution in [0, 0.1) is 0 Å². The molecule has 2 unspecified atom stereocenters. The summed E-state index contributed by atoms with van der Waals surface area (Å²) in [5, 5.41) is 1.09. The molecule has 2 saturated heterocycles. The van der Waals surface area contributed by atoms with Gasteiger partial charge < -0.3 is 0 Å². The van der Waals surface area contributed by atoms with Crippen molar-refractivity contribution >= 4 is 23.5 Å². The summed E-state index contributed by atoms with van der Waals surface area (Å²) in [5.74, 6) is 1.43. The van der Waals surface area contributed by atoms with Gasteiger partial charge in [0.15, 0.2) is 0 Å². The van der Waals surface area contributed by atoms with Gasteiger partial charge in [-0.05, 0) is 12.2 Å². The van der Waals surface area contributed by atoms with Crippen LogP contribution < -0.4 is 0 Å². The highest BCUT2D eigenvalue weighted by molar-refractivity contribution is 8.24. The zero-order valence-corrected chi connectivity index (χ0v) is 5.02. The Bertz CT molecular complexity index is 63.9. The van der Waals surface area contributed by atoms with Crippen LogP contribution in [0.5, 0.6) is 0 Å². The van der Waals surface area contributed by atoms with Crippen molar-refractivity contribution in [3.05, 3.63) is 0 Å². The molecule has 2 rings (SSSR count). The molecular formula is C4H6S2. The van der Waals surface area contributed by atoms with Gasteiger partial charge in [-0.25, -0.2) is 0 Å². The summed E-state index contributed by atoms with van der Waals surface area (Å²) in [4.78, 5) is 0. The zero-order chi connectivity index (χ0) is 3.98. The number of thioether (sulfide) groups is 2. The molecule has 0 bridgehead atoms. The van der Waals surface area contributed by atoms with Gasteiger partial charge >= 0.3 is 0 Å². The van der Waals surface area contributed by atoms with Crippen LogP contribution in [-0.4, -0.2) is 15.6 Å². The molecule has 0 aromatic rings. The van der Waals surface area contributed by atoms with Crippen molar-refractivity contribution < 1.29 is 0 Å². The first-order valence-electron chi connectivity index (χ1n) is 2.24. The van der Waals surface area contributed by atoms with Crippen molar-refractivity contribution in [3.63, 3.8) is 0 Å². The molecule has 2 aliphatic heterocycles. The number of fused-ring (bicyclic) bond motifs is 1. The summed E-state index contributed by atoms with van der Waals surface area (Å²) in [6.07, 6.45) is 1.49. The molecule has 0 amide bonds. The summed E-state index contributed by atoms with van der Waals surface area (Å²) >= 11 is 4.28. The van der Waals surface area contributed by atoms with Crippen LogP contribution in [0.1, 0.15) is 6.42 Å². The van der Waals surface area contributed by atoms with Crippen LogP contribution in [0.25, 0.3) is 0 Å². The lowest BCUT2D eigenvalue weighted by atomic mass is 10.4. The smallest absolute Gasteiger partial charge is 0.0625 e. The molecule has 0 radical (unpaired) electrons. The van der Waals surface area contributed by atoms with Crippen LogP contribution in [0.2, 0.25) is 0 Å². The fourth-order valence-corrected chi connectivity index (χ4v) is 3.81. The predicted octanol–water partition coefficient (Wildman–Crippen LogP) is 1.56. The van der Waals surface area contributed by atoms with Gasteiger partial charge in [0.2, 0.25) is 0 Å². The van der Waals surface area contributed by atoms with E-state index in [1.54, 1.807) is 0 Å². The summed E-state index contributed by atoms with van der Waals surface area (Å²) in [7, 11) is 0. The number of hydrogen-bond donors (Lipinski definition) is 0. The molecule has 2 atom stereocenters. The SMILES string of the molecule is C1CC2SC2S1. The van der Waals surface area contributed by atoms with Crippen molar-refractivity contribution in [2.45, 2.75) is 16.3 Å². The number of rotatable bonds is 0. The van der Waals surface area contributed by atoms with Crippen LogP contribution in [0.15, 0.2) is 0 Å². The molecule has 2 aliphatic rings. The predicted molar refractivity (Wildman–Crippen MR) is 32.2 cm³/mol. The first-order chi connectivity index (χ1) is 2.97. The van der Waals surface area contributed by atoms with E-state index in [2.05, 4.69) is 23.5 Å². The fourth-order valence-electron chi connectivity index (χ4n) is 0.778. The maximum atomic E-state index is 2.14. The van der Waals surface area contributed by atoms with Crippen molar-refractivity contribution in [3.8, 4) is 0 Å². The van der Waals surface area contributed by atoms with E-state index in [-0.39, 0.29) is 0 Å². The largest absolute Gasteiger partial charge is 0.146 e. The summed E-state index contributed by atoms with van der Waals surface area (Å²) in [5.41, 5.74) is 0. The Morgan fingerprint density at radius 3 is 2.67 bits per heavy atom. The third kappa shape index (κ3) is 0.399. The highest BCUT2D eigenvalue weighted by Gasteiger charge is 2.42. The van der Waals surface area contributed by atoms with E-state index < -0.39 is 0 Å². The molecule has 2 heterocycles. The van der Waals surface area contributed by atoms with Gasteiger partial charge in [-0.3, -0.25) is 0 Å². The lowest BCUT2D eigenvalue weighted by Gasteiger charge is -1.81. The van der Waals surface area contributed by atoms with E-state index in [1.807, 2.05) is 0 Å². The molecular weight excluding hydrogens is 112 g/mol. The second-order valence-electron chi connectivity index (χ2n) is 1.70. The summed E-state index contributed by atoms with van der Waals surface area (Å²) in [6, 6.07) is 0. The molecule has 6 heavy (non-hydrogen) atoms. The Hall–Kier alpha value is 0.700. The van der Waals surface area contributed by atoms with Crippen LogP contribution >= 0.6 is 23.5 Å². The van der Waals surface area contributed by atoms with Gasteiger partial charge in [0.1, 0.15) is 0 Å². The van der Waals surface area contributed by atoms with Gasteiger partial charge in [0, 0.05) is 5.25 Å². The number of hydrogen-bond acceptors (Lipinski definition) is 2. The van der Waals surface area contributed by atoms with E-state index in [0.717, 1.165) is 9.83 Å². The van der Waals surface area contributed by atoms with Crippen molar-refractivity contribution in [2.24, 2.45) is 0 Å². The van der Waals surface area contributed by atoms with Gasteiger partial charge in [0.25, 0.3) is 0 Å². The Kier molecular flexibility index (Phi) is 0.673. The maximum absolute atomic E-state index is 2.14. The molecule has 34 valence electrons. The highest BCUT2D eigenvalue weighted by Crippen LogP contribution is 2.56. The third-order valence-electron chi connectivity index (χ3n) is 1.22. The Morgan fingerprint density at radius 2 is 2.50 bits per heavy atom. The highest BCUT2D eigenvalue weighted by atomic mass is 32.2. The molecule has 2 fully saturated rings. The standard InChI is InChI=1S/C4H6S2/c1-2-5-4-3(1)6-4/h3-4H,1-2H2. The van der Waals surface area contributed by atoms with Gasteiger partial charge in [0.05, 0.1) is 4.58 Å². The van der Waals surface area contributed by atoms with Crippen molar-refractivity contribution in [1.82, 2.24) is 0 Å². The maximum Gasteiger partial charge on any atom is 0.0625 e. The van der Waals surface area contributed by atoms with Crippen molar-refractivity contribution in [1.29, 1.82) is 0 Å². The molecule has 0 nitrogen and oxygen atoms in total. The Labute approximate surface area is 46.1 Å². The molecule has 0 aromatic carbocycles. The van der Waals surface area contributed by atoms with E-state index in [4.69, 9.17) is 0 Å². The quantitative estimate of drug-likeness (QED) is 0.443. The summed E-state index contributed by atoms with van der Waals surface area (Å²) < 4.78 is 1.05. The first kappa shape index (κ1) is 3.67. The Balaban J connectivity index is 2.09. The third-order valence-corrected chi connectivity index (χ3v) is 4.40. The molecule has 0 aromatic heterocycles. The molecule has 0 spiro atoms. The van der Waals surface area contributed by atoms with Gasteiger partial charge in [-0.2, -0.15) is 0 Å². The first-order valence-corrected chi connectivity index (χ1v) is 4.23.